The first-order chi connectivity index (χ1) is 13.6. The molecule has 28 heavy (non-hydrogen) atoms. The van der Waals surface area contributed by atoms with Gasteiger partial charge in [0.15, 0.2) is 0 Å². The molecule has 3 aromatic carbocycles. The number of benzene rings is 3. The molecule has 5 heteroatoms. The van der Waals surface area contributed by atoms with Crippen LogP contribution in [0.1, 0.15) is 37.4 Å². The Morgan fingerprint density at radius 2 is 1.57 bits per heavy atom. The third-order valence-electron chi connectivity index (χ3n) is 4.27. The predicted molar refractivity (Wildman–Crippen MR) is 108 cm³/mol. The summed E-state index contributed by atoms with van der Waals surface area (Å²) in [5.74, 6) is -0.612. The van der Waals surface area contributed by atoms with Crippen LogP contribution >= 0.6 is 0 Å². The SMILES string of the molecule is Cc1ccc(CNC(=O)c2ccccc2NC(=O)c2ccc(C#N)cc2)cc1. The van der Waals surface area contributed by atoms with Crippen LogP contribution in [0.25, 0.3) is 0 Å². The molecule has 138 valence electrons. The maximum atomic E-state index is 12.6. The van der Waals surface area contributed by atoms with E-state index < -0.39 is 0 Å². The molecule has 0 aliphatic carbocycles. The molecule has 0 spiro atoms. The van der Waals surface area contributed by atoms with Gasteiger partial charge in [0.25, 0.3) is 11.8 Å². The second-order valence-electron chi connectivity index (χ2n) is 6.36. The topological polar surface area (TPSA) is 82.0 Å². The lowest BCUT2D eigenvalue weighted by Crippen LogP contribution is -2.24. The van der Waals surface area contributed by atoms with Crippen molar-refractivity contribution < 1.29 is 9.59 Å². The van der Waals surface area contributed by atoms with Crippen LogP contribution in [0.4, 0.5) is 5.69 Å². The normalized spacial score (nSPS) is 10.0. The fourth-order valence-electron chi connectivity index (χ4n) is 2.66. The van der Waals surface area contributed by atoms with Crippen molar-refractivity contribution in [2.75, 3.05) is 5.32 Å². The maximum Gasteiger partial charge on any atom is 0.255 e. The second-order valence-corrected chi connectivity index (χ2v) is 6.36. The average Bonchev–Trinajstić information content (AvgIpc) is 2.73. The van der Waals surface area contributed by atoms with E-state index in [0.717, 1.165) is 11.1 Å². The van der Waals surface area contributed by atoms with Crippen molar-refractivity contribution in [1.29, 1.82) is 5.26 Å². The van der Waals surface area contributed by atoms with E-state index in [1.807, 2.05) is 37.3 Å². The number of hydrogen-bond donors (Lipinski definition) is 2. The van der Waals surface area contributed by atoms with Crippen LogP contribution in [0.5, 0.6) is 0 Å². The van der Waals surface area contributed by atoms with E-state index in [0.29, 0.717) is 28.9 Å². The quantitative estimate of drug-likeness (QED) is 0.712. The fourth-order valence-corrected chi connectivity index (χ4v) is 2.66. The summed E-state index contributed by atoms with van der Waals surface area (Å²) in [7, 11) is 0. The van der Waals surface area contributed by atoms with Crippen molar-refractivity contribution in [2.45, 2.75) is 13.5 Å². The highest BCUT2D eigenvalue weighted by atomic mass is 16.2. The summed E-state index contributed by atoms with van der Waals surface area (Å²) in [6, 6.07) is 23.1. The minimum absolute atomic E-state index is 0.267. The number of amides is 2. The molecular weight excluding hydrogens is 350 g/mol. The Morgan fingerprint density at radius 1 is 0.893 bits per heavy atom. The standard InChI is InChI=1S/C23H19N3O2/c1-16-6-8-18(9-7-16)15-25-23(28)20-4-2-3-5-21(20)26-22(27)19-12-10-17(14-24)11-13-19/h2-13H,15H2,1H3,(H,25,28)(H,26,27). The molecule has 0 unspecified atom stereocenters. The lowest BCUT2D eigenvalue weighted by atomic mass is 10.1. The van der Waals surface area contributed by atoms with Gasteiger partial charge >= 0.3 is 0 Å². The number of hydrogen-bond acceptors (Lipinski definition) is 3. The number of nitriles is 1. The van der Waals surface area contributed by atoms with Gasteiger partial charge in [0.05, 0.1) is 22.9 Å². The van der Waals surface area contributed by atoms with Crippen LogP contribution in [-0.4, -0.2) is 11.8 Å². The molecule has 0 aliphatic heterocycles. The molecule has 0 aliphatic rings. The molecular formula is C23H19N3O2. The number of para-hydroxylation sites is 1. The van der Waals surface area contributed by atoms with Crippen molar-refractivity contribution in [1.82, 2.24) is 5.32 Å². The number of nitrogens with one attached hydrogen (secondary N) is 2. The Kier molecular flexibility index (Phi) is 5.83. The van der Waals surface area contributed by atoms with E-state index in [-0.39, 0.29) is 11.8 Å². The molecule has 0 fully saturated rings. The highest BCUT2D eigenvalue weighted by Gasteiger charge is 2.14. The van der Waals surface area contributed by atoms with Crippen molar-refractivity contribution in [3.05, 3.63) is 101 Å². The zero-order valence-electron chi connectivity index (χ0n) is 15.4. The summed E-state index contributed by atoms with van der Waals surface area (Å²) in [6.45, 7) is 2.41. The summed E-state index contributed by atoms with van der Waals surface area (Å²) < 4.78 is 0. The zero-order valence-corrected chi connectivity index (χ0v) is 15.4. The number of aryl methyl sites for hydroxylation is 1. The Bertz CT molecular complexity index is 1030. The third kappa shape index (κ3) is 4.63. The van der Waals surface area contributed by atoms with Crippen molar-refractivity contribution in [3.8, 4) is 6.07 Å². The Labute approximate surface area is 163 Å². The number of carbonyl (C=O) groups excluding carboxylic acids is 2. The van der Waals surface area contributed by atoms with Crippen molar-refractivity contribution >= 4 is 17.5 Å². The monoisotopic (exact) mass is 369 g/mol. The van der Waals surface area contributed by atoms with Crippen molar-refractivity contribution in [3.63, 3.8) is 0 Å². The molecule has 0 bridgehead atoms. The van der Waals surface area contributed by atoms with Crippen molar-refractivity contribution in [2.24, 2.45) is 0 Å². The van der Waals surface area contributed by atoms with E-state index in [1.165, 1.54) is 0 Å². The van der Waals surface area contributed by atoms with E-state index in [4.69, 9.17) is 5.26 Å². The lowest BCUT2D eigenvalue weighted by Gasteiger charge is -2.12. The molecule has 2 N–H and O–H groups in total. The van der Waals surface area contributed by atoms with Crippen LogP contribution in [0.15, 0.2) is 72.8 Å². The fraction of sp³-hybridized carbons (Fsp3) is 0.0870. The van der Waals surface area contributed by atoms with Crippen LogP contribution in [0, 0.1) is 18.3 Å². The van der Waals surface area contributed by atoms with E-state index in [9.17, 15) is 9.59 Å². The molecule has 0 saturated heterocycles. The van der Waals surface area contributed by atoms with Gasteiger partial charge in [-0.1, -0.05) is 42.0 Å². The van der Waals surface area contributed by atoms with Gasteiger partial charge < -0.3 is 10.6 Å². The molecule has 0 saturated carbocycles. The van der Waals surface area contributed by atoms with Gasteiger partial charge in [-0.25, -0.2) is 0 Å². The first kappa shape index (κ1) is 18.9. The lowest BCUT2D eigenvalue weighted by molar-refractivity contribution is 0.0952. The Morgan fingerprint density at radius 3 is 2.25 bits per heavy atom. The number of rotatable bonds is 5. The minimum Gasteiger partial charge on any atom is -0.348 e. The summed E-state index contributed by atoms with van der Waals surface area (Å²) in [5, 5.41) is 14.5. The maximum absolute atomic E-state index is 12.6. The molecule has 3 aromatic rings. The Hall–Kier alpha value is -3.91. The van der Waals surface area contributed by atoms with Crippen LogP contribution < -0.4 is 10.6 Å². The molecule has 2 amide bonds. The molecule has 0 radical (unpaired) electrons. The third-order valence-corrected chi connectivity index (χ3v) is 4.27. The van der Waals surface area contributed by atoms with Gasteiger partial charge in [-0.2, -0.15) is 5.26 Å². The van der Waals surface area contributed by atoms with Gasteiger partial charge in [-0.15, -0.1) is 0 Å². The van der Waals surface area contributed by atoms with Gasteiger partial charge in [-0.05, 0) is 48.9 Å². The highest BCUT2D eigenvalue weighted by molar-refractivity contribution is 6.09. The first-order valence-corrected chi connectivity index (χ1v) is 8.81. The van der Waals surface area contributed by atoms with E-state index in [2.05, 4.69) is 10.6 Å². The predicted octanol–water partition coefficient (Wildman–Crippen LogP) is 4.05. The molecule has 0 aromatic heterocycles. The van der Waals surface area contributed by atoms with Gasteiger partial charge in [0.1, 0.15) is 0 Å². The number of nitrogens with zero attached hydrogens (tertiary/aromatic N) is 1. The first-order valence-electron chi connectivity index (χ1n) is 8.81. The summed E-state index contributed by atoms with van der Waals surface area (Å²) >= 11 is 0. The molecule has 5 nitrogen and oxygen atoms in total. The summed E-state index contributed by atoms with van der Waals surface area (Å²) in [5.41, 5.74) is 3.86. The molecule has 0 atom stereocenters. The Balaban J connectivity index is 1.71. The van der Waals surface area contributed by atoms with Gasteiger partial charge in [0, 0.05) is 12.1 Å². The van der Waals surface area contributed by atoms with Crippen LogP contribution in [0.2, 0.25) is 0 Å². The van der Waals surface area contributed by atoms with Gasteiger partial charge in [0.2, 0.25) is 0 Å². The van der Waals surface area contributed by atoms with Crippen LogP contribution in [0.3, 0.4) is 0 Å². The highest BCUT2D eigenvalue weighted by Crippen LogP contribution is 2.17. The van der Waals surface area contributed by atoms with Gasteiger partial charge in [-0.3, -0.25) is 9.59 Å². The largest absolute Gasteiger partial charge is 0.348 e. The number of carbonyl (C=O) groups is 2. The smallest absolute Gasteiger partial charge is 0.255 e. The minimum atomic E-state index is -0.344. The molecule has 3 rings (SSSR count). The van der Waals surface area contributed by atoms with E-state index >= 15 is 0 Å². The molecule has 0 heterocycles. The number of anilines is 1. The van der Waals surface area contributed by atoms with Crippen LogP contribution in [-0.2, 0) is 6.54 Å². The summed E-state index contributed by atoms with van der Waals surface area (Å²) in [6.07, 6.45) is 0. The van der Waals surface area contributed by atoms with E-state index in [1.54, 1.807) is 48.5 Å². The second kappa shape index (κ2) is 8.65. The average molecular weight is 369 g/mol. The summed E-state index contributed by atoms with van der Waals surface area (Å²) in [4.78, 5) is 25.1. The zero-order chi connectivity index (χ0) is 19.9.